The van der Waals surface area contributed by atoms with Crippen LogP contribution in [0.2, 0.25) is 0 Å². The normalized spacial score (nSPS) is 28.0. The lowest BCUT2D eigenvalue weighted by Crippen LogP contribution is -2.63. The molecule has 0 aromatic heterocycles. The van der Waals surface area contributed by atoms with Crippen LogP contribution in [-0.4, -0.2) is 46.9 Å². The molecule has 1 spiro atoms. The fourth-order valence-corrected chi connectivity index (χ4v) is 5.23. The zero-order chi connectivity index (χ0) is 19.6. The van der Waals surface area contributed by atoms with Gasteiger partial charge in [-0.2, -0.15) is 0 Å². The van der Waals surface area contributed by atoms with Gasteiger partial charge in [-0.3, -0.25) is 0 Å². The van der Waals surface area contributed by atoms with Crippen LogP contribution in [0.4, 0.5) is 0 Å². The van der Waals surface area contributed by atoms with Gasteiger partial charge in [-0.15, -0.1) is 0 Å². The van der Waals surface area contributed by atoms with Crippen molar-refractivity contribution in [2.45, 2.75) is 76.2 Å². The van der Waals surface area contributed by atoms with Crippen molar-refractivity contribution < 1.29 is 9.57 Å². The van der Waals surface area contributed by atoms with Gasteiger partial charge in [0.2, 0.25) is 5.72 Å². The SMILES string of the molecule is CCC(CC)(OC)[C@@H]1CCCN1N1C(c2ccccc2)=NO[C@]12C=CCCC2. The summed E-state index contributed by atoms with van der Waals surface area (Å²) < 4.78 is 6.16. The fraction of sp³-hybridized carbons (Fsp3) is 0.609. The lowest BCUT2D eigenvalue weighted by Gasteiger charge is -2.49. The lowest BCUT2D eigenvalue weighted by atomic mass is 9.86. The van der Waals surface area contributed by atoms with Crippen LogP contribution >= 0.6 is 0 Å². The molecule has 3 aliphatic rings. The summed E-state index contributed by atoms with van der Waals surface area (Å²) in [7, 11) is 1.87. The van der Waals surface area contributed by atoms with Gasteiger partial charge >= 0.3 is 0 Å². The summed E-state index contributed by atoms with van der Waals surface area (Å²) >= 11 is 0. The first-order valence-electron chi connectivity index (χ1n) is 10.8. The quantitative estimate of drug-likeness (QED) is 0.667. The number of nitrogens with zero attached hydrogens (tertiary/aromatic N) is 3. The molecular formula is C23H33N3O2. The third kappa shape index (κ3) is 3.05. The smallest absolute Gasteiger partial charge is 0.243 e. The molecule has 28 heavy (non-hydrogen) atoms. The van der Waals surface area contributed by atoms with Crippen LogP contribution in [0.3, 0.4) is 0 Å². The van der Waals surface area contributed by atoms with Crippen molar-refractivity contribution >= 4 is 5.84 Å². The molecule has 2 atom stereocenters. The van der Waals surface area contributed by atoms with Crippen LogP contribution in [0.15, 0.2) is 47.6 Å². The molecule has 152 valence electrons. The topological polar surface area (TPSA) is 37.3 Å². The summed E-state index contributed by atoms with van der Waals surface area (Å²) in [6, 6.07) is 10.7. The Morgan fingerprint density at radius 1 is 1.21 bits per heavy atom. The van der Waals surface area contributed by atoms with Crippen molar-refractivity contribution in [3.8, 4) is 0 Å². The molecule has 2 heterocycles. The summed E-state index contributed by atoms with van der Waals surface area (Å²) in [5.41, 5.74) is 0.438. The summed E-state index contributed by atoms with van der Waals surface area (Å²) in [6.45, 7) is 5.49. The highest BCUT2D eigenvalue weighted by Gasteiger charge is 2.54. The Morgan fingerprint density at radius 2 is 2.00 bits per heavy atom. The van der Waals surface area contributed by atoms with E-state index in [1.165, 1.54) is 0 Å². The number of rotatable bonds is 6. The Morgan fingerprint density at radius 3 is 2.64 bits per heavy atom. The third-order valence-electron chi connectivity index (χ3n) is 6.86. The van der Waals surface area contributed by atoms with Gasteiger partial charge in [0.25, 0.3) is 0 Å². The average molecular weight is 384 g/mol. The van der Waals surface area contributed by atoms with E-state index in [2.05, 4.69) is 65.4 Å². The fourth-order valence-electron chi connectivity index (χ4n) is 5.23. The Labute approximate surface area is 168 Å². The summed E-state index contributed by atoms with van der Waals surface area (Å²) in [4.78, 5) is 6.18. The zero-order valence-corrected chi connectivity index (χ0v) is 17.4. The van der Waals surface area contributed by atoms with Gasteiger partial charge in [-0.05, 0) is 44.6 Å². The minimum atomic E-state index is -0.507. The maximum Gasteiger partial charge on any atom is 0.243 e. The summed E-state index contributed by atoms with van der Waals surface area (Å²) in [6.07, 6.45) is 11.9. The molecule has 2 aliphatic heterocycles. The van der Waals surface area contributed by atoms with E-state index in [0.717, 1.165) is 62.9 Å². The van der Waals surface area contributed by atoms with Crippen molar-refractivity contribution in [3.63, 3.8) is 0 Å². The summed E-state index contributed by atoms with van der Waals surface area (Å²) in [5.74, 6) is 0.913. The number of oxime groups is 1. The van der Waals surface area contributed by atoms with Gasteiger partial charge in [0.05, 0.1) is 11.6 Å². The second kappa shape index (κ2) is 7.88. The third-order valence-corrected chi connectivity index (χ3v) is 6.86. The van der Waals surface area contributed by atoms with E-state index in [1.54, 1.807) is 0 Å². The Hall–Kier alpha value is -1.85. The Bertz CT molecular complexity index is 720. The van der Waals surface area contributed by atoms with Crippen molar-refractivity contribution in [1.82, 2.24) is 10.0 Å². The molecule has 1 aromatic carbocycles. The van der Waals surface area contributed by atoms with E-state index in [-0.39, 0.29) is 5.60 Å². The Balaban J connectivity index is 1.76. The van der Waals surface area contributed by atoms with E-state index in [4.69, 9.17) is 9.57 Å². The number of ether oxygens (including phenoxy) is 1. The standard InChI is InChI=1S/C23H33N3O2/c1-4-22(5-2,27-3)20-15-12-18-25(20)26-21(19-13-8-6-9-14-19)24-28-23(26)16-10-7-11-17-23/h6,8-10,13-14,16,20H,4-5,7,11-12,15,17-18H2,1-3H3/t20-,23-/m0/s1. The first kappa shape index (κ1) is 19.5. The van der Waals surface area contributed by atoms with E-state index in [1.807, 2.05) is 13.2 Å². The average Bonchev–Trinajstić information content (AvgIpc) is 3.36. The minimum absolute atomic E-state index is 0.152. The molecule has 1 aromatic rings. The van der Waals surface area contributed by atoms with Gasteiger partial charge < -0.3 is 9.57 Å². The number of hydrazine groups is 1. The van der Waals surface area contributed by atoms with E-state index in [0.29, 0.717) is 6.04 Å². The molecule has 0 radical (unpaired) electrons. The lowest BCUT2D eigenvalue weighted by molar-refractivity contribution is -0.186. The van der Waals surface area contributed by atoms with Gasteiger partial charge in [-0.1, -0.05) is 55.4 Å². The van der Waals surface area contributed by atoms with Crippen molar-refractivity contribution in [2.24, 2.45) is 5.16 Å². The molecule has 4 rings (SSSR count). The molecule has 5 nitrogen and oxygen atoms in total. The number of allylic oxidation sites excluding steroid dienone is 1. The van der Waals surface area contributed by atoms with Gasteiger partial charge in [0.15, 0.2) is 5.84 Å². The van der Waals surface area contributed by atoms with Crippen LogP contribution < -0.4 is 0 Å². The van der Waals surface area contributed by atoms with Gasteiger partial charge in [-0.25, -0.2) is 10.0 Å². The second-order valence-corrected chi connectivity index (χ2v) is 8.12. The first-order chi connectivity index (χ1) is 13.7. The highest BCUT2D eigenvalue weighted by atomic mass is 16.7. The van der Waals surface area contributed by atoms with Gasteiger partial charge in [0.1, 0.15) is 0 Å². The van der Waals surface area contributed by atoms with Crippen LogP contribution in [0.1, 0.15) is 64.4 Å². The number of methoxy groups -OCH3 is 1. The summed E-state index contributed by atoms with van der Waals surface area (Å²) in [5, 5.41) is 9.47. The zero-order valence-electron chi connectivity index (χ0n) is 17.4. The predicted molar refractivity (Wildman–Crippen MR) is 112 cm³/mol. The minimum Gasteiger partial charge on any atom is -0.377 e. The second-order valence-electron chi connectivity index (χ2n) is 8.12. The van der Waals surface area contributed by atoms with Crippen molar-refractivity contribution in [3.05, 3.63) is 48.0 Å². The predicted octanol–water partition coefficient (Wildman–Crippen LogP) is 4.70. The number of amidine groups is 1. The highest BCUT2D eigenvalue weighted by molar-refractivity contribution is 5.99. The molecule has 0 bridgehead atoms. The monoisotopic (exact) mass is 383 g/mol. The number of benzene rings is 1. The number of hydrogen-bond acceptors (Lipinski definition) is 5. The van der Waals surface area contributed by atoms with Crippen molar-refractivity contribution in [2.75, 3.05) is 13.7 Å². The van der Waals surface area contributed by atoms with Crippen LogP contribution in [-0.2, 0) is 9.57 Å². The molecule has 0 unspecified atom stereocenters. The van der Waals surface area contributed by atoms with Gasteiger partial charge in [0, 0.05) is 25.6 Å². The van der Waals surface area contributed by atoms with E-state index < -0.39 is 5.72 Å². The highest BCUT2D eigenvalue weighted by Crippen LogP contribution is 2.43. The van der Waals surface area contributed by atoms with E-state index in [9.17, 15) is 0 Å². The molecule has 0 N–H and O–H groups in total. The first-order valence-corrected chi connectivity index (χ1v) is 10.8. The molecule has 5 heteroatoms. The molecule has 1 aliphatic carbocycles. The molecule has 0 saturated carbocycles. The molecular weight excluding hydrogens is 350 g/mol. The maximum absolute atomic E-state index is 6.18. The molecule has 1 fully saturated rings. The van der Waals surface area contributed by atoms with Crippen LogP contribution in [0.25, 0.3) is 0 Å². The van der Waals surface area contributed by atoms with Crippen LogP contribution in [0.5, 0.6) is 0 Å². The largest absolute Gasteiger partial charge is 0.377 e. The van der Waals surface area contributed by atoms with Crippen LogP contribution in [0, 0.1) is 0 Å². The van der Waals surface area contributed by atoms with Crippen molar-refractivity contribution in [1.29, 1.82) is 0 Å². The molecule has 0 amide bonds. The van der Waals surface area contributed by atoms with E-state index >= 15 is 0 Å². The maximum atomic E-state index is 6.18. The number of hydrogen-bond donors (Lipinski definition) is 0. The molecule has 1 saturated heterocycles. The Kier molecular flexibility index (Phi) is 5.48.